The summed E-state index contributed by atoms with van der Waals surface area (Å²) in [4.78, 5) is 2.55. The van der Waals surface area contributed by atoms with E-state index in [1.54, 1.807) is 0 Å². The van der Waals surface area contributed by atoms with Gasteiger partial charge in [-0.15, -0.1) is 0 Å². The lowest BCUT2D eigenvalue weighted by Gasteiger charge is -2.35. The van der Waals surface area contributed by atoms with Crippen molar-refractivity contribution >= 4 is 5.69 Å². The van der Waals surface area contributed by atoms with Gasteiger partial charge in [-0.05, 0) is 43.9 Å². The average Bonchev–Trinajstić information content (AvgIpc) is 2.56. The van der Waals surface area contributed by atoms with Gasteiger partial charge in [0.15, 0.2) is 0 Å². The standard InChI is InChI=1S/C19H32N2/c1-4-15-20-18(5-2)17-13-9-10-14-19(17)21(3)16-11-7-6-8-12-16/h9-10,13-14,16,18,20H,4-8,11-12,15H2,1-3H3. The normalized spacial score (nSPS) is 17.7. The molecule has 1 aliphatic rings. The zero-order valence-electron chi connectivity index (χ0n) is 14.1. The lowest BCUT2D eigenvalue weighted by atomic mass is 9.93. The first-order chi connectivity index (χ1) is 10.3. The van der Waals surface area contributed by atoms with Crippen molar-refractivity contribution in [2.75, 3.05) is 18.5 Å². The number of nitrogens with one attached hydrogen (secondary N) is 1. The topological polar surface area (TPSA) is 15.3 Å². The van der Waals surface area contributed by atoms with E-state index in [1.807, 2.05) is 0 Å². The van der Waals surface area contributed by atoms with Gasteiger partial charge in [-0.2, -0.15) is 0 Å². The molecule has 1 aromatic rings. The Morgan fingerprint density at radius 1 is 1.14 bits per heavy atom. The van der Waals surface area contributed by atoms with Crippen LogP contribution in [0.2, 0.25) is 0 Å². The van der Waals surface area contributed by atoms with Gasteiger partial charge in [-0.1, -0.05) is 51.3 Å². The molecule has 1 N–H and O–H groups in total. The van der Waals surface area contributed by atoms with Gasteiger partial charge in [0.2, 0.25) is 0 Å². The fourth-order valence-electron chi connectivity index (χ4n) is 3.56. The molecule has 0 amide bonds. The first kappa shape index (κ1) is 16.4. The summed E-state index contributed by atoms with van der Waals surface area (Å²) in [5, 5.41) is 3.71. The van der Waals surface area contributed by atoms with Crippen LogP contribution in [0.3, 0.4) is 0 Å². The highest BCUT2D eigenvalue weighted by molar-refractivity contribution is 5.55. The molecule has 1 unspecified atom stereocenters. The molecule has 0 aliphatic heterocycles. The molecule has 1 atom stereocenters. The Morgan fingerprint density at radius 2 is 1.86 bits per heavy atom. The van der Waals surface area contributed by atoms with Crippen LogP contribution in [0.25, 0.3) is 0 Å². The molecule has 1 aromatic carbocycles. The fraction of sp³-hybridized carbons (Fsp3) is 0.684. The summed E-state index contributed by atoms with van der Waals surface area (Å²) in [5.74, 6) is 0. The van der Waals surface area contributed by atoms with Gasteiger partial charge in [-0.3, -0.25) is 0 Å². The van der Waals surface area contributed by atoms with E-state index in [1.165, 1.54) is 49.8 Å². The van der Waals surface area contributed by atoms with E-state index in [9.17, 15) is 0 Å². The lowest BCUT2D eigenvalue weighted by Crippen LogP contribution is -2.35. The minimum absolute atomic E-state index is 0.479. The van der Waals surface area contributed by atoms with E-state index in [-0.39, 0.29) is 0 Å². The molecule has 2 rings (SSSR count). The van der Waals surface area contributed by atoms with Gasteiger partial charge in [0.25, 0.3) is 0 Å². The Labute approximate surface area is 130 Å². The zero-order valence-corrected chi connectivity index (χ0v) is 14.1. The third-order valence-corrected chi connectivity index (χ3v) is 4.86. The summed E-state index contributed by atoms with van der Waals surface area (Å²) in [6.07, 6.45) is 9.24. The summed E-state index contributed by atoms with van der Waals surface area (Å²) >= 11 is 0. The van der Waals surface area contributed by atoms with Crippen LogP contribution >= 0.6 is 0 Å². The molecule has 1 saturated carbocycles. The maximum absolute atomic E-state index is 3.71. The predicted molar refractivity (Wildman–Crippen MR) is 93.0 cm³/mol. The van der Waals surface area contributed by atoms with Gasteiger partial charge < -0.3 is 10.2 Å². The molecule has 21 heavy (non-hydrogen) atoms. The molecule has 0 saturated heterocycles. The lowest BCUT2D eigenvalue weighted by molar-refractivity contribution is 0.425. The average molecular weight is 288 g/mol. The van der Waals surface area contributed by atoms with E-state index < -0.39 is 0 Å². The van der Waals surface area contributed by atoms with Gasteiger partial charge in [0.1, 0.15) is 0 Å². The largest absolute Gasteiger partial charge is 0.371 e. The Morgan fingerprint density at radius 3 is 2.52 bits per heavy atom. The van der Waals surface area contributed by atoms with E-state index in [2.05, 4.69) is 55.4 Å². The number of hydrogen-bond donors (Lipinski definition) is 1. The van der Waals surface area contributed by atoms with Crippen LogP contribution < -0.4 is 10.2 Å². The molecule has 2 nitrogen and oxygen atoms in total. The molecule has 0 aromatic heterocycles. The minimum atomic E-state index is 0.479. The fourth-order valence-corrected chi connectivity index (χ4v) is 3.56. The van der Waals surface area contributed by atoms with Crippen molar-refractivity contribution in [1.29, 1.82) is 0 Å². The molecule has 1 fully saturated rings. The van der Waals surface area contributed by atoms with Gasteiger partial charge in [0.05, 0.1) is 0 Å². The quantitative estimate of drug-likeness (QED) is 0.767. The third-order valence-electron chi connectivity index (χ3n) is 4.86. The van der Waals surface area contributed by atoms with Crippen molar-refractivity contribution in [3.05, 3.63) is 29.8 Å². The van der Waals surface area contributed by atoms with Crippen LogP contribution in [0.4, 0.5) is 5.69 Å². The summed E-state index contributed by atoms with van der Waals surface area (Å²) in [7, 11) is 2.29. The van der Waals surface area contributed by atoms with Crippen molar-refractivity contribution < 1.29 is 0 Å². The summed E-state index contributed by atoms with van der Waals surface area (Å²) in [5.41, 5.74) is 2.90. The summed E-state index contributed by atoms with van der Waals surface area (Å²) < 4.78 is 0. The minimum Gasteiger partial charge on any atom is -0.371 e. The third kappa shape index (κ3) is 4.23. The smallest absolute Gasteiger partial charge is 0.0414 e. The van der Waals surface area contributed by atoms with E-state index in [4.69, 9.17) is 0 Å². The monoisotopic (exact) mass is 288 g/mol. The number of nitrogens with zero attached hydrogens (tertiary/aromatic N) is 1. The van der Waals surface area contributed by atoms with Crippen molar-refractivity contribution in [2.45, 2.75) is 70.9 Å². The van der Waals surface area contributed by atoms with Crippen molar-refractivity contribution in [1.82, 2.24) is 5.32 Å². The van der Waals surface area contributed by atoms with E-state index >= 15 is 0 Å². The Kier molecular flexibility index (Phi) is 6.56. The molecule has 1 aliphatic carbocycles. The highest BCUT2D eigenvalue weighted by Crippen LogP contribution is 2.32. The van der Waals surface area contributed by atoms with Crippen LogP contribution in [-0.2, 0) is 0 Å². The Balaban J connectivity index is 2.18. The number of anilines is 1. The molecule has 2 heteroatoms. The molecule has 0 heterocycles. The molecular weight excluding hydrogens is 256 g/mol. The Hall–Kier alpha value is -1.02. The van der Waals surface area contributed by atoms with Gasteiger partial charge in [-0.25, -0.2) is 0 Å². The summed E-state index contributed by atoms with van der Waals surface area (Å²) in [6, 6.07) is 10.2. The van der Waals surface area contributed by atoms with Crippen LogP contribution in [0.15, 0.2) is 24.3 Å². The van der Waals surface area contributed by atoms with E-state index in [0.717, 1.165) is 19.0 Å². The van der Waals surface area contributed by atoms with Crippen LogP contribution in [0, 0.1) is 0 Å². The van der Waals surface area contributed by atoms with Gasteiger partial charge >= 0.3 is 0 Å². The molecule has 0 radical (unpaired) electrons. The highest BCUT2D eigenvalue weighted by Gasteiger charge is 2.22. The second-order valence-corrected chi connectivity index (χ2v) is 6.38. The molecular formula is C19H32N2. The zero-order chi connectivity index (χ0) is 15.1. The SMILES string of the molecule is CCCNC(CC)c1ccccc1N(C)C1CCCCC1. The predicted octanol–water partition coefficient (Wildman–Crippen LogP) is 4.91. The highest BCUT2D eigenvalue weighted by atomic mass is 15.1. The molecule has 0 bridgehead atoms. The first-order valence-electron chi connectivity index (χ1n) is 8.83. The number of rotatable bonds is 7. The Bertz CT molecular complexity index is 410. The van der Waals surface area contributed by atoms with Crippen molar-refractivity contribution in [3.63, 3.8) is 0 Å². The molecule has 0 spiro atoms. The number of hydrogen-bond acceptors (Lipinski definition) is 2. The second-order valence-electron chi connectivity index (χ2n) is 6.38. The van der Waals surface area contributed by atoms with Gasteiger partial charge in [0, 0.05) is 24.8 Å². The van der Waals surface area contributed by atoms with E-state index in [0.29, 0.717) is 6.04 Å². The van der Waals surface area contributed by atoms with Crippen molar-refractivity contribution in [3.8, 4) is 0 Å². The molecule has 118 valence electrons. The van der Waals surface area contributed by atoms with Crippen molar-refractivity contribution in [2.24, 2.45) is 0 Å². The number of para-hydroxylation sites is 1. The van der Waals surface area contributed by atoms with Crippen LogP contribution in [-0.4, -0.2) is 19.6 Å². The maximum Gasteiger partial charge on any atom is 0.0414 e. The summed E-state index contributed by atoms with van der Waals surface area (Å²) in [6.45, 7) is 5.62. The first-order valence-corrected chi connectivity index (χ1v) is 8.83. The second kappa shape index (κ2) is 8.43. The number of benzene rings is 1. The van der Waals surface area contributed by atoms with Crippen LogP contribution in [0.1, 0.15) is 70.4 Å². The van der Waals surface area contributed by atoms with Crippen LogP contribution in [0.5, 0.6) is 0 Å². The maximum atomic E-state index is 3.71.